The van der Waals surface area contributed by atoms with E-state index in [0.29, 0.717) is 0 Å². The molecule has 0 aliphatic carbocycles. The van der Waals surface area contributed by atoms with Gasteiger partial charge in [0, 0.05) is 0 Å². The van der Waals surface area contributed by atoms with Crippen molar-refractivity contribution in [1.29, 1.82) is 0 Å². The third kappa shape index (κ3) is 4.13. The molecule has 0 bridgehead atoms. The third-order valence-corrected chi connectivity index (χ3v) is 1.83. The Hall–Kier alpha value is -1.38. The first-order valence-electron chi connectivity index (χ1n) is 4.79. The van der Waals surface area contributed by atoms with Crippen LogP contribution in [0.4, 0.5) is 23.5 Å². The van der Waals surface area contributed by atoms with E-state index in [0.717, 1.165) is 0 Å². The van der Waals surface area contributed by atoms with Gasteiger partial charge < -0.3 is 10.1 Å². The van der Waals surface area contributed by atoms with E-state index in [1.165, 1.54) is 0 Å². The first-order valence-corrected chi connectivity index (χ1v) is 5.17. The van der Waals surface area contributed by atoms with Crippen LogP contribution in [0.5, 0.6) is 6.01 Å². The van der Waals surface area contributed by atoms with E-state index < -0.39 is 18.9 Å². The molecule has 10 heteroatoms. The van der Waals surface area contributed by atoms with Crippen LogP contribution in [0.3, 0.4) is 0 Å². The molecule has 5 nitrogen and oxygen atoms in total. The Morgan fingerprint density at radius 1 is 1.33 bits per heavy atom. The molecular weight excluding hydrogens is 280 g/mol. The van der Waals surface area contributed by atoms with Gasteiger partial charge in [-0.15, -0.1) is 0 Å². The van der Waals surface area contributed by atoms with Crippen molar-refractivity contribution in [1.82, 2.24) is 15.0 Å². The second kappa shape index (κ2) is 5.98. The fourth-order valence-corrected chi connectivity index (χ4v) is 1.03. The summed E-state index contributed by atoms with van der Waals surface area (Å²) in [6, 6.07) is -0.180. The van der Waals surface area contributed by atoms with E-state index in [4.69, 9.17) is 16.3 Å². The Morgan fingerprint density at radius 3 is 2.56 bits per heavy atom. The molecule has 1 heterocycles. The molecule has 0 saturated carbocycles. The lowest BCUT2D eigenvalue weighted by Crippen LogP contribution is -2.35. The quantitative estimate of drug-likeness (QED) is 0.814. The van der Waals surface area contributed by atoms with Crippen LogP contribution in [0.2, 0.25) is 5.28 Å². The molecule has 0 amide bonds. The largest absolute Gasteiger partial charge is 0.464 e. The summed E-state index contributed by atoms with van der Waals surface area (Å²) in [6.07, 6.45) is -3.78. The van der Waals surface area contributed by atoms with Crippen molar-refractivity contribution < 1.29 is 22.3 Å². The molecule has 18 heavy (non-hydrogen) atoms. The summed E-state index contributed by atoms with van der Waals surface area (Å²) in [7, 11) is 0. The Balaban J connectivity index is 2.73. The van der Waals surface area contributed by atoms with Crippen LogP contribution >= 0.6 is 11.6 Å². The highest BCUT2D eigenvalue weighted by Gasteiger charge is 2.40. The summed E-state index contributed by atoms with van der Waals surface area (Å²) in [6.45, 7) is 0.555. The summed E-state index contributed by atoms with van der Waals surface area (Å²) in [4.78, 5) is 10.6. The molecule has 0 fully saturated rings. The van der Waals surface area contributed by atoms with Gasteiger partial charge in [-0.1, -0.05) is 0 Å². The summed E-state index contributed by atoms with van der Waals surface area (Å²) in [5, 5.41) is 1.65. The highest BCUT2D eigenvalue weighted by Crippen LogP contribution is 2.23. The Labute approximate surface area is 105 Å². The van der Waals surface area contributed by atoms with Crippen LogP contribution < -0.4 is 10.1 Å². The molecule has 0 aliphatic rings. The minimum atomic E-state index is -4.19. The molecular formula is C8H9ClF4N4O. The lowest BCUT2D eigenvalue weighted by Gasteiger charge is -2.15. The molecule has 0 atom stereocenters. The van der Waals surface area contributed by atoms with Crippen molar-refractivity contribution in [3.63, 3.8) is 0 Å². The van der Waals surface area contributed by atoms with Crippen LogP contribution in [0.1, 0.15) is 6.92 Å². The highest BCUT2D eigenvalue weighted by molar-refractivity contribution is 6.28. The van der Waals surface area contributed by atoms with Gasteiger partial charge in [-0.25, -0.2) is 8.78 Å². The SMILES string of the molecule is CCOc1nc(Cl)nc(NCC(F)(F)C(F)F)n1. The Bertz CT molecular complexity index is 407. The number of rotatable bonds is 6. The number of halogens is 5. The molecule has 1 aromatic heterocycles. The summed E-state index contributed by atoms with van der Waals surface area (Å²) >= 11 is 5.48. The van der Waals surface area contributed by atoms with E-state index in [1.807, 2.05) is 5.32 Å². The van der Waals surface area contributed by atoms with Gasteiger partial charge in [-0.2, -0.15) is 23.7 Å². The zero-order valence-electron chi connectivity index (χ0n) is 9.13. The number of ether oxygens (including phenoxy) is 1. The van der Waals surface area contributed by atoms with Gasteiger partial charge in [0.1, 0.15) is 0 Å². The minimum Gasteiger partial charge on any atom is -0.464 e. The van der Waals surface area contributed by atoms with Gasteiger partial charge in [0.2, 0.25) is 11.2 Å². The monoisotopic (exact) mass is 288 g/mol. The van der Waals surface area contributed by atoms with Crippen molar-refractivity contribution in [2.45, 2.75) is 19.3 Å². The number of hydrogen-bond donors (Lipinski definition) is 1. The smallest absolute Gasteiger partial charge is 0.324 e. The number of nitrogens with zero attached hydrogens (tertiary/aromatic N) is 3. The van der Waals surface area contributed by atoms with Crippen molar-refractivity contribution in [2.24, 2.45) is 0 Å². The van der Waals surface area contributed by atoms with Crippen LogP contribution in [-0.4, -0.2) is 40.5 Å². The highest BCUT2D eigenvalue weighted by atomic mass is 35.5. The minimum absolute atomic E-state index is 0.180. The van der Waals surface area contributed by atoms with Crippen LogP contribution in [0, 0.1) is 0 Å². The van der Waals surface area contributed by atoms with Gasteiger partial charge in [0.05, 0.1) is 13.2 Å². The van der Waals surface area contributed by atoms with E-state index in [9.17, 15) is 17.6 Å². The maximum Gasteiger partial charge on any atom is 0.324 e. The lowest BCUT2D eigenvalue weighted by atomic mass is 10.3. The van der Waals surface area contributed by atoms with Crippen LogP contribution in [0.25, 0.3) is 0 Å². The summed E-state index contributed by atoms with van der Waals surface area (Å²) in [5.41, 5.74) is 0. The zero-order valence-corrected chi connectivity index (χ0v) is 9.89. The first kappa shape index (κ1) is 14.7. The van der Waals surface area contributed by atoms with Gasteiger partial charge in [0.15, 0.2) is 0 Å². The number of alkyl halides is 4. The van der Waals surface area contributed by atoms with Crippen molar-refractivity contribution >= 4 is 17.5 Å². The molecule has 1 N–H and O–H groups in total. The average molecular weight is 289 g/mol. The van der Waals surface area contributed by atoms with Crippen molar-refractivity contribution in [3.8, 4) is 6.01 Å². The van der Waals surface area contributed by atoms with Gasteiger partial charge >= 0.3 is 18.4 Å². The fraction of sp³-hybridized carbons (Fsp3) is 0.625. The van der Waals surface area contributed by atoms with Gasteiger partial charge in [-0.3, -0.25) is 0 Å². The molecule has 0 spiro atoms. The standard InChI is InChI=1S/C8H9ClF4N4O/c1-2-18-7-16-5(9)15-6(17-7)14-3-8(12,13)4(10)11/h4H,2-3H2,1H3,(H,14,15,16,17). The van der Waals surface area contributed by atoms with Crippen LogP contribution in [-0.2, 0) is 0 Å². The number of aromatic nitrogens is 3. The summed E-state index contributed by atoms with van der Waals surface area (Å²) in [5.74, 6) is -4.55. The van der Waals surface area contributed by atoms with Gasteiger partial charge in [0.25, 0.3) is 0 Å². The molecule has 1 rings (SSSR count). The maximum absolute atomic E-state index is 12.6. The normalized spacial score (nSPS) is 11.7. The number of nitrogens with one attached hydrogen (secondary N) is 1. The third-order valence-electron chi connectivity index (χ3n) is 1.66. The van der Waals surface area contributed by atoms with Crippen molar-refractivity contribution in [2.75, 3.05) is 18.5 Å². The topological polar surface area (TPSA) is 59.9 Å². The van der Waals surface area contributed by atoms with E-state index in [2.05, 4.69) is 15.0 Å². The fourth-order valence-electron chi connectivity index (χ4n) is 0.879. The first-order chi connectivity index (χ1) is 8.35. The molecule has 0 radical (unpaired) electrons. The van der Waals surface area contributed by atoms with Crippen LogP contribution in [0.15, 0.2) is 0 Å². The lowest BCUT2D eigenvalue weighted by molar-refractivity contribution is -0.117. The Morgan fingerprint density at radius 2 is 2.00 bits per heavy atom. The molecule has 1 aromatic rings. The second-order valence-corrected chi connectivity index (χ2v) is 3.40. The predicted molar refractivity (Wildman–Crippen MR) is 55.4 cm³/mol. The maximum atomic E-state index is 12.6. The average Bonchev–Trinajstić information content (AvgIpc) is 2.26. The molecule has 0 aliphatic heterocycles. The van der Waals surface area contributed by atoms with Crippen molar-refractivity contribution in [3.05, 3.63) is 5.28 Å². The molecule has 0 saturated heterocycles. The zero-order chi connectivity index (χ0) is 13.8. The van der Waals surface area contributed by atoms with E-state index >= 15 is 0 Å². The Kier molecular flexibility index (Phi) is 4.88. The van der Waals surface area contributed by atoms with Gasteiger partial charge in [-0.05, 0) is 18.5 Å². The number of anilines is 1. The summed E-state index contributed by atoms with van der Waals surface area (Å²) < 4.78 is 54.0. The molecule has 102 valence electrons. The van der Waals surface area contributed by atoms with E-state index in [1.54, 1.807) is 6.92 Å². The van der Waals surface area contributed by atoms with E-state index in [-0.39, 0.29) is 23.8 Å². The predicted octanol–water partition coefficient (Wildman–Crippen LogP) is 2.24. The second-order valence-electron chi connectivity index (χ2n) is 3.06. The molecule has 0 unspecified atom stereocenters. The molecule has 0 aromatic carbocycles. The number of hydrogen-bond acceptors (Lipinski definition) is 5.